The molecule has 1 fully saturated rings. The van der Waals surface area contributed by atoms with E-state index in [4.69, 9.17) is 4.74 Å². The van der Waals surface area contributed by atoms with Crippen LogP contribution in [-0.2, 0) is 17.8 Å². The first-order chi connectivity index (χ1) is 11.7. The predicted molar refractivity (Wildman–Crippen MR) is 93.9 cm³/mol. The first kappa shape index (κ1) is 16.6. The fourth-order valence-electron chi connectivity index (χ4n) is 3.02. The SMILES string of the molecule is Cc1cccc(Cn2cccc2CNC(=O)NC[C@H]2CCCO2)c1. The number of ether oxygens (including phenoxy) is 1. The molecule has 0 unspecified atom stereocenters. The van der Waals surface area contributed by atoms with E-state index < -0.39 is 0 Å². The molecule has 1 saturated heterocycles. The normalized spacial score (nSPS) is 17.0. The Morgan fingerprint density at radius 1 is 1.29 bits per heavy atom. The monoisotopic (exact) mass is 327 g/mol. The third-order valence-corrected chi connectivity index (χ3v) is 4.30. The van der Waals surface area contributed by atoms with Crippen LogP contribution >= 0.6 is 0 Å². The summed E-state index contributed by atoms with van der Waals surface area (Å²) >= 11 is 0. The second-order valence-corrected chi connectivity index (χ2v) is 6.32. The zero-order valence-corrected chi connectivity index (χ0v) is 14.1. The lowest BCUT2D eigenvalue weighted by molar-refractivity contribution is 0.111. The Morgan fingerprint density at radius 3 is 3.00 bits per heavy atom. The van der Waals surface area contributed by atoms with E-state index in [0.29, 0.717) is 13.1 Å². The summed E-state index contributed by atoms with van der Waals surface area (Å²) in [6.45, 7) is 4.80. The van der Waals surface area contributed by atoms with Crippen LogP contribution in [-0.4, -0.2) is 29.9 Å². The van der Waals surface area contributed by atoms with Gasteiger partial charge in [0.15, 0.2) is 0 Å². The van der Waals surface area contributed by atoms with Gasteiger partial charge < -0.3 is 19.9 Å². The van der Waals surface area contributed by atoms with Gasteiger partial charge in [0.05, 0.1) is 12.6 Å². The molecule has 0 aliphatic carbocycles. The van der Waals surface area contributed by atoms with Crippen LogP contribution in [0.4, 0.5) is 4.79 Å². The lowest BCUT2D eigenvalue weighted by atomic mass is 10.1. The Hall–Kier alpha value is -2.27. The topological polar surface area (TPSA) is 55.3 Å². The van der Waals surface area contributed by atoms with Gasteiger partial charge in [0.1, 0.15) is 0 Å². The number of benzene rings is 1. The van der Waals surface area contributed by atoms with E-state index in [9.17, 15) is 4.79 Å². The Balaban J connectivity index is 1.49. The Labute approximate surface area is 143 Å². The molecule has 2 heterocycles. The number of nitrogens with zero attached hydrogens (tertiary/aromatic N) is 1. The van der Waals surface area contributed by atoms with E-state index in [1.165, 1.54) is 11.1 Å². The largest absolute Gasteiger partial charge is 0.376 e. The lowest BCUT2D eigenvalue weighted by Gasteiger charge is -2.13. The highest BCUT2D eigenvalue weighted by Crippen LogP contribution is 2.11. The van der Waals surface area contributed by atoms with Crippen LogP contribution in [0.25, 0.3) is 0 Å². The van der Waals surface area contributed by atoms with Gasteiger partial charge in [-0.25, -0.2) is 4.79 Å². The van der Waals surface area contributed by atoms with Crippen molar-refractivity contribution in [3.05, 3.63) is 59.4 Å². The van der Waals surface area contributed by atoms with Crippen LogP contribution < -0.4 is 10.6 Å². The molecule has 1 aromatic carbocycles. The number of amides is 2. The standard InChI is InChI=1S/C19H25N3O2/c1-15-5-2-6-16(11-15)14-22-9-3-7-17(22)12-20-19(23)21-13-18-8-4-10-24-18/h2-3,5-7,9,11,18H,4,8,10,12-14H2,1H3,(H2,20,21,23)/t18-/m1/s1. The molecule has 0 bridgehead atoms. The minimum Gasteiger partial charge on any atom is -0.376 e. The summed E-state index contributed by atoms with van der Waals surface area (Å²) in [6.07, 6.45) is 4.32. The lowest BCUT2D eigenvalue weighted by Crippen LogP contribution is -2.39. The maximum Gasteiger partial charge on any atom is 0.315 e. The summed E-state index contributed by atoms with van der Waals surface area (Å²) in [7, 11) is 0. The predicted octanol–water partition coefficient (Wildman–Crippen LogP) is 2.82. The number of carbonyl (C=O) groups is 1. The van der Waals surface area contributed by atoms with Gasteiger partial charge in [-0.2, -0.15) is 0 Å². The van der Waals surface area contributed by atoms with Gasteiger partial charge in [-0.1, -0.05) is 29.8 Å². The van der Waals surface area contributed by atoms with E-state index in [1.54, 1.807) is 0 Å². The summed E-state index contributed by atoms with van der Waals surface area (Å²) in [4.78, 5) is 11.9. The van der Waals surface area contributed by atoms with Crippen molar-refractivity contribution in [3.8, 4) is 0 Å². The molecule has 1 atom stereocenters. The van der Waals surface area contributed by atoms with E-state index in [2.05, 4.69) is 46.4 Å². The zero-order chi connectivity index (χ0) is 16.8. The van der Waals surface area contributed by atoms with Gasteiger partial charge in [-0.15, -0.1) is 0 Å². The van der Waals surface area contributed by atoms with Gasteiger partial charge in [0.2, 0.25) is 0 Å². The molecule has 5 nitrogen and oxygen atoms in total. The molecule has 1 aliphatic heterocycles. The summed E-state index contributed by atoms with van der Waals surface area (Å²) in [5.74, 6) is 0. The van der Waals surface area contributed by atoms with Gasteiger partial charge in [0, 0.05) is 31.6 Å². The molecule has 24 heavy (non-hydrogen) atoms. The maximum absolute atomic E-state index is 11.9. The van der Waals surface area contributed by atoms with Crippen LogP contribution in [0.1, 0.15) is 29.7 Å². The highest BCUT2D eigenvalue weighted by atomic mass is 16.5. The molecule has 5 heteroatoms. The van der Waals surface area contributed by atoms with Crippen LogP contribution in [0.15, 0.2) is 42.6 Å². The minimum atomic E-state index is -0.145. The van der Waals surface area contributed by atoms with Crippen LogP contribution in [0.2, 0.25) is 0 Å². The molecule has 1 aromatic heterocycles. The average molecular weight is 327 g/mol. The van der Waals surface area contributed by atoms with E-state index in [1.807, 2.05) is 18.3 Å². The second-order valence-electron chi connectivity index (χ2n) is 6.32. The summed E-state index contributed by atoms with van der Waals surface area (Å²) in [5.41, 5.74) is 3.60. The number of aromatic nitrogens is 1. The first-order valence-electron chi connectivity index (χ1n) is 8.53. The fourth-order valence-corrected chi connectivity index (χ4v) is 3.02. The number of hydrogen-bond acceptors (Lipinski definition) is 2. The van der Waals surface area contributed by atoms with E-state index >= 15 is 0 Å². The van der Waals surface area contributed by atoms with Crippen molar-refractivity contribution in [1.29, 1.82) is 0 Å². The van der Waals surface area contributed by atoms with Crippen molar-refractivity contribution in [2.45, 2.75) is 39.0 Å². The summed E-state index contributed by atoms with van der Waals surface area (Å²) in [5, 5.41) is 5.80. The van der Waals surface area contributed by atoms with Gasteiger partial charge in [-0.3, -0.25) is 0 Å². The van der Waals surface area contributed by atoms with E-state index in [-0.39, 0.29) is 12.1 Å². The molecule has 0 saturated carbocycles. The number of urea groups is 1. The van der Waals surface area contributed by atoms with Crippen molar-refractivity contribution in [2.75, 3.05) is 13.2 Å². The Morgan fingerprint density at radius 2 is 2.21 bits per heavy atom. The highest BCUT2D eigenvalue weighted by Gasteiger charge is 2.16. The Bertz CT molecular complexity index is 675. The fraction of sp³-hybridized carbons (Fsp3) is 0.421. The van der Waals surface area contributed by atoms with Gasteiger partial charge >= 0.3 is 6.03 Å². The number of nitrogens with one attached hydrogen (secondary N) is 2. The smallest absolute Gasteiger partial charge is 0.315 e. The molecule has 2 N–H and O–H groups in total. The molecular weight excluding hydrogens is 302 g/mol. The average Bonchev–Trinajstić information content (AvgIpc) is 3.23. The third-order valence-electron chi connectivity index (χ3n) is 4.30. The first-order valence-corrected chi connectivity index (χ1v) is 8.53. The molecule has 128 valence electrons. The van der Waals surface area contributed by atoms with Gasteiger partial charge in [-0.05, 0) is 37.5 Å². The highest BCUT2D eigenvalue weighted by molar-refractivity contribution is 5.73. The number of aryl methyl sites for hydroxylation is 1. The molecular formula is C19H25N3O2. The number of hydrogen-bond donors (Lipinski definition) is 2. The molecule has 2 amide bonds. The summed E-state index contributed by atoms with van der Waals surface area (Å²) < 4.78 is 7.66. The van der Waals surface area contributed by atoms with Crippen molar-refractivity contribution >= 4 is 6.03 Å². The summed E-state index contributed by atoms with van der Waals surface area (Å²) in [6, 6.07) is 12.4. The maximum atomic E-state index is 11.9. The molecule has 0 spiro atoms. The minimum absolute atomic E-state index is 0.145. The van der Waals surface area contributed by atoms with Crippen molar-refractivity contribution in [1.82, 2.24) is 15.2 Å². The molecule has 1 aliphatic rings. The second kappa shape index (κ2) is 8.02. The van der Waals surface area contributed by atoms with Crippen molar-refractivity contribution in [3.63, 3.8) is 0 Å². The quantitative estimate of drug-likeness (QED) is 0.857. The number of carbonyl (C=O) groups excluding carboxylic acids is 1. The van der Waals surface area contributed by atoms with Crippen LogP contribution in [0, 0.1) is 6.92 Å². The van der Waals surface area contributed by atoms with Crippen molar-refractivity contribution in [2.24, 2.45) is 0 Å². The number of rotatable bonds is 6. The third kappa shape index (κ3) is 4.61. The van der Waals surface area contributed by atoms with E-state index in [0.717, 1.165) is 31.7 Å². The van der Waals surface area contributed by atoms with Gasteiger partial charge in [0.25, 0.3) is 0 Å². The Kier molecular flexibility index (Phi) is 5.54. The zero-order valence-electron chi connectivity index (χ0n) is 14.1. The van der Waals surface area contributed by atoms with Crippen molar-refractivity contribution < 1.29 is 9.53 Å². The molecule has 0 radical (unpaired) electrons. The molecule has 3 rings (SSSR count). The van der Waals surface area contributed by atoms with Crippen LogP contribution in [0.5, 0.6) is 0 Å². The van der Waals surface area contributed by atoms with Crippen LogP contribution in [0.3, 0.4) is 0 Å². The molecule has 2 aromatic rings.